The predicted octanol–water partition coefficient (Wildman–Crippen LogP) is 6.39. The van der Waals surface area contributed by atoms with E-state index in [4.69, 9.17) is 9.47 Å². The first kappa shape index (κ1) is 33.0. The lowest BCUT2D eigenvalue weighted by Crippen LogP contribution is -2.44. The molecule has 0 unspecified atom stereocenters. The van der Waals surface area contributed by atoms with Crippen LogP contribution in [0.1, 0.15) is 95.0 Å². The first-order valence-corrected chi connectivity index (χ1v) is 13.8. The van der Waals surface area contributed by atoms with Gasteiger partial charge in [0.25, 0.3) is 0 Å². The van der Waals surface area contributed by atoms with E-state index in [1.165, 1.54) is 32.8 Å². The van der Waals surface area contributed by atoms with Crippen LogP contribution in [0.4, 0.5) is 0 Å². The van der Waals surface area contributed by atoms with E-state index in [0.29, 0.717) is 30.9 Å². The van der Waals surface area contributed by atoms with Gasteiger partial charge in [-0.2, -0.15) is 0 Å². The molecule has 0 saturated carbocycles. The van der Waals surface area contributed by atoms with Crippen molar-refractivity contribution >= 4 is 11.9 Å². The average Bonchev–Trinajstić information content (AvgIpc) is 2.93. The molecule has 3 N–H and O–H groups in total. The van der Waals surface area contributed by atoms with Crippen LogP contribution in [-0.4, -0.2) is 42.8 Å². The number of rotatable bonds is 16. The Hall–Kier alpha value is -3.06. The number of unbranched alkanes of at least 4 members (excludes halogenated alkanes) is 5. The molecule has 0 saturated heterocycles. The van der Waals surface area contributed by atoms with E-state index >= 15 is 0 Å². The van der Waals surface area contributed by atoms with Crippen LogP contribution in [0.3, 0.4) is 0 Å². The second-order valence-corrected chi connectivity index (χ2v) is 10.1. The summed E-state index contributed by atoms with van der Waals surface area (Å²) in [7, 11) is 1.51. The van der Waals surface area contributed by atoms with Crippen molar-refractivity contribution in [1.82, 2.24) is 10.6 Å². The van der Waals surface area contributed by atoms with Gasteiger partial charge in [-0.25, -0.2) is 4.79 Å². The second-order valence-electron chi connectivity index (χ2n) is 10.1. The van der Waals surface area contributed by atoms with Gasteiger partial charge in [-0.05, 0) is 63.1 Å². The van der Waals surface area contributed by atoms with Gasteiger partial charge in [-0.15, -0.1) is 0 Å². The monoisotopic (exact) mass is 528 g/mol. The number of aromatic hydroxyl groups is 1. The summed E-state index contributed by atoms with van der Waals surface area (Å²) in [5, 5.41) is 15.7. The van der Waals surface area contributed by atoms with Crippen molar-refractivity contribution < 1.29 is 24.2 Å². The third kappa shape index (κ3) is 14.6. The molecule has 0 aliphatic heterocycles. The Morgan fingerprint density at radius 3 is 2.26 bits per heavy atom. The van der Waals surface area contributed by atoms with Gasteiger partial charge < -0.3 is 25.2 Å². The Bertz CT molecular complexity index is 931. The number of nitrogens with one attached hydrogen (secondary N) is 2. The number of carbonyl (C=O) groups excluding carboxylic acids is 2. The van der Waals surface area contributed by atoms with Crippen molar-refractivity contribution in [3.05, 3.63) is 59.7 Å². The second kappa shape index (κ2) is 19.1. The number of hydrogen-bond donors (Lipinski definition) is 3. The quantitative estimate of drug-likeness (QED) is 0.173. The van der Waals surface area contributed by atoms with Crippen LogP contribution < -0.4 is 15.4 Å². The van der Waals surface area contributed by atoms with Gasteiger partial charge in [0.1, 0.15) is 6.61 Å². The van der Waals surface area contributed by atoms with Crippen LogP contribution in [0.2, 0.25) is 0 Å². The minimum atomic E-state index is -0.267. The summed E-state index contributed by atoms with van der Waals surface area (Å²) >= 11 is 0. The molecule has 38 heavy (non-hydrogen) atoms. The number of carbonyl (C=O) groups is 2. The summed E-state index contributed by atoms with van der Waals surface area (Å²) in [4.78, 5) is 23.5. The normalized spacial score (nSPS) is 10.8. The van der Waals surface area contributed by atoms with Gasteiger partial charge in [-0.1, -0.05) is 70.2 Å². The lowest BCUT2D eigenvalue weighted by Gasteiger charge is -2.25. The molecule has 0 spiro atoms. The molecule has 212 valence electrons. The van der Waals surface area contributed by atoms with Crippen molar-refractivity contribution in [3.63, 3.8) is 0 Å². The third-order valence-electron chi connectivity index (χ3n) is 5.92. The van der Waals surface area contributed by atoms with Gasteiger partial charge in [-0.3, -0.25) is 4.79 Å². The van der Waals surface area contributed by atoms with E-state index in [-0.39, 0.29) is 23.2 Å². The summed E-state index contributed by atoms with van der Waals surface area (Å²) in [5.74, 6) is 0.354. The van der Waals surface area contributed by atoms with Crippen molar-refractivity contribution in [3.8, 4) is 11.5 Å². The van der Waals surface area contributed by atoms with Gasteiger partial charge in [0.15, 0.2) is 11.5 Å². The van der Waals surface area contributed by atoms with E-state index in [2.05, 4.69) is 24.5 Å². The maximum Gasteiger partial charge on any atom is 0.338 e. The van der Waals surface area contributed by atoms with Crippen LogP contribution in [0.15, 0.2) is 48.5 Å². The molecule has 7 nitrogen and oxygen atoms in total. The molecule has 0 radical (unpaired) electrons. The standard InChI is InChI=1S/C17H27NO3.C14H21NO2/c1-3-4-5-6-7-8-9-17(20)18-13-14-10-11-15(19)16(12-14)21-2;1-4-10-15-14(2,3)11-17-13(16)12-8-6-5-7-9-12/h10-12,19H,3-9,13H2,1-2H3,(H,18,20);5-9,15H,4,10-11H2,1-3H3. The molecular formula is C31H48N2O5. The zero-order valence-corrected chi connectivity index (χ0v) is 24.0. The Balaban J connectivity index is 0.000000389. The number of phenolic OH excluding ortho intramolecular Hbond substituents is 1. The molecule has 2 rings (SSSR count). The lowest BCUT2D eigenvalue weighted by atomic mass is 10.1. The first-order valence-electron chi connectivity index (χ1n) is 13.8. The molecule has 2 aromatic rings. The molecule has 0 aliphatic rings. The van der Waals surface area contributed by atoms with Gasteiger partial charge >= 0.3 is 5.97 Å². The van der Waals surface area contributed by atoms with Crippen LogP contribution in [0, 0.1) is 0 Å². The Morgan fingerprint density at radius 2 is 1.61 bits per heavy atom. The van der Waals surface area contributed by atoms with Crippen LogP contribution in [0.5, 0.6) is 11.5 Å². The van der Waals surface area contributed by atoms with Gasteiger partial charge in [0.05, 0.1) is 12.7 Å². The molecule has 1 amide bonds. The first-order chi connectivity index (χ1) is 18.2. The summed E-state index contributed by atoms with van der Waals surface area (Å²) in [6, 6.07) is 14.2. The average molecular weight is 529 g/mol. The van der Waals surface area contributed by atoms with E-state index < -0.39 is 0 Å². The SMILES string of the molecule is CCCCCCCCC(=O)NCc1ccc(O)c(OC)c1.CCCNC(C)(C)COC(=O)c1ccccc1. The summed E-state index contributed by atoms with van der Waals surface area (Å²) < 4.78 is 10.3. The summed E-state index contributed by atoms with van der Waals surface area (Å²) in [6.45, 7) is 10.1. The summed E-state index contributed by atoms with van der Waals surface area (Å²) in [6.07, 6.45) is 8.75. The number of amides is 1. The number of hydrogen-bond acceptors (Lipinski definition) is 6. The van der Waals surface area contributed by atoms with Gasteiger partial charge in [0.2, 0.25) is 5.91 Å². The van der Waals surface area contributed by atoms with Crippen LogP contribution >= 0.6 is 0 Å². The van der Waals surface area contributed by atoms with Crippen molar-refractivity contribution in [2.75, 3.05) is 20.3 Å². The number of benzene rings is 2. The highest BCUT2D eigenvalue weighted by Gasteiger charge is 2.19. The number of methoxy groups -OCH3 is 1. The van der Waals surface area contributed by atoms with Crippen LogP contribution in [-0.2, 0) is 16.1 Å². The fraction of sp³-hybridized carbons (Fsp3) is 0.548. The lowest BCUT2D eigenvalue weighted by molar-refractivity contribution is -0.121. The smallest absolute Gasteiger partial charge is 0.338 e. The molecule has 0 bridgehead atoms. The fourth-order valence-corrected chi connectivity index (χ4v) is 3.60. The van der Waals surface area contributed by atoms with Crippen molar-refractivity contribution in [2.24, 2.45) is 0 Å². The molecule has 0 atom stereocenters. The zero-order valence-electron chi connectivity index (χ0n) is 24.0. The highest BCUT2D eigenvalue weighted by atomic mass is 16.5. The molecule has 7 heteroatoms. The number of esters is 1. The Labute approximate surface area is 229 Å². The minimum absolute atomic E-state index is 0.0810. The van der Waals surface area contributed by atoms with E-state index in [1.807, 2.05) is 32.0 Å². The largest absolute Gasteiger partial charge is 0.504 e. The molecule has 0 heterocycles. The molecule has 2 aromatic carbocycles. The third-order valence-corrected chi connectivity index (χ3v) is 5.92. The van der Waals surface area contributed by atoms with Crippen LogP contribution in [0.25, 0.3) is 0 Å². The Kier molecular flexibility index (Phi) is 16.5. The Morgan fingerprint density at radius 1 is 0.921 bits per heavy atom. The number of phenols is 1. The molecule has 0 fully saturated rings. The number of ether oxygens (including phenoxy) is 2. The van der Waals surface area contributed by atoms with Gasteiger partial charge in [0, 0.05) is 18.5 Å². The highest BCUT2D eigenvalue weighted by Crippen LogP contribution is 2.26. The van der Waals surface area contributed by atoms with Crippen molar-refractivity contribution in [1.29, 1.82) is 0 Å². The predicted molar refractivity (Wildman–Crippen MR) is 154 cm³/mol. The molecule has 0 aromatic heterocycles. The maximum atomic E-state index is 11.7. The van der Waals surface area contributed by atoms with E-state index in [0.717, 1.165) is 31.4 Å². The maximum absolute atomic E-state index is 11.7. The summed E-state index contributed by atoms with van der Waals surface area (Å²) in [5.41, 5.74) is 1.33. The van der Waals surface area contributed by atoms with Crippen molar-refractivity contribution in [2.45, 2.75) is 91.1 Å². The topological polar surface area (TPSA) is 96.9 Å². The molecule has 0 aliphatic carbocycles. The molecular weight excluding hydrogens is 480 g/mol. The highest BCUT2D eigenvalue weighted by molar-refractivity contribution is 5.89. The fourth-order valence-electron chi connectivity index (χ4n) is 3.60. The van der Waals surface area contributed by atoms with E-state index in [9.17, 15) is 14.7 Å². The minimum Gasteiger partial charge on any atom is -0.504 e. The van der Waals surface area contributed by atoms with E-state index in [1.54, 1.807) is 30.3 Å². The zero-order chi connectivity index (χ0) is 28.2.